The monoisotopic (exact) mass is 276 g/mol. The molecule has 0 saturated carbocycles. The number of carboxylic acid groups (broad SMARTS) is 1. The van der Waals surface area contributed by atoms with Crippen LogP contribution in [0, 0.1) is 5.92 Å². The second-order valence-corrected chi connectivity index (χ2v) is 5.49. The zero-order valence-electron chi connectivity index (χ0n) is 11.7. The van der Waals surface area contributed by atoms with Crippen LogP contribution in [0.3, 0.4) is 0 Å². The molecule has 0 spiro atoms. The number of nitrogens with zero attached hydrogens (tertiary/aromatic N) is 1. The highest BCUT2D eigenvalue weighted by Crippen LogP contribution is 2.30. The van der Waals surface area contributed by atoms with Crippen molar-refractivity contribution >= 4 is 11.9 Å². The summed E-state index contributed by atoms with van der Waals surface area (Å²) < 4.78 is 0. The molecule has 2 atom stereocenters. The van der Waals surface area contributed by atoms with Gasteiger partial charge in [-0.15, -0.1) is 0 Å². The topological polar surface area (TPSA) is 83.6 Å². The van der Waals surface area contributed by atoms with E-state index in [9.17, 15) is 14.7 Å². The lowest BCUT2D eigenvalue weighted by molar-refractivity contribution is -0.152. The second kappa shape index (κ2) is 5.63. The minimum absolute atomic E-state index is 0.0193. The fourth-order valence-corrected chi connectivity index (χ4v) is 2.55. The highest BCUT2D eigenvalue weighted by molar-refractivity contribution is 5.88. The van der Waals surface area contributed by atoms with Gasteiger partial charge in [-0.25, -0.2) is 4.79 Å². The van der Waals surface area contributed by atoms with Crippen LogP contribution in [0.4, 0.5) is 0 Å². The van der Waals surface area contributed by atoms with Gasteiger partial charge in [0.05, 0.1) is 6.04 Å². The molecule has 5 nitrogen and oxygen atoms in total. The molecule has 5 heteroatoms. The van der Waals surface area contributed by atoms with Crippen LogP contribution < -0.4 is 5.73 Å². The van der Waals surface area contributed by atoms with Gasteiger partial charge in [0, 0.05) is 6.54 Å². The van der Waals surface area contributed by atoms with Crippen molar-refractivity contribution in [1.29, 1.82) is 0 Å². The lowest BCUT2D eigenvalue weighted by Crippen LogP contribution is -2.51. The quantitative estimate of drug-likeness (QED) is 0.868. The summed E-state index contributed by atoms with van der Waals surface area (Å²) in [4.78, 5) is 25.4. The van der Waals surface area contributed by atoms with Gasteiger partial charge in [0.1, 0.15) is 0 Å². The van der Waals surface area contributed by atoms with Crippen molar-refractivity contribution < 1.29 is 14.7 Å². The van der Waals surface area contributed by atoms with Crippen LogP contribution in [0.1, 0.15) is 31.0 Å². The van der Waals surface area contributed by atoms with Crippen LogP contribution >= 0.6 is 0 Å². The minimum atomic E-state index is -1.01. The molecule has 2 rings (SSSR count). The zero-order chi connectivity index (χ0) is 14.9. The van der Waals surface area contributed by atoms with Crippen molar-refractivity contribution in [3.8, 4) is 0 Å². The van der Waals surface area contributed by atoms with Gasteiger partial charge >= 0.3 is 5.97 Å². The van der Waals surface area contributed by atoms with Crippen molar-refractivity contribution in [2.45, 2.75) is 32.4 Å². The van der Waals surface area contributed by atoms with Gasteiger partial charge in [0.25, 0.3) is 0 Å². The number of carbonyl (C=O) groups excluding carboxylic acids is 1. The summed E-state index contributed by atoms with van der Waals surface area (Å²) in [5.41, 5.74) is 7.57. The summed E-state index contributed by atoms with van der Waals surface area (Å²) in [5, 5.41) is 9.49. The molecule has 0 radical (unpaired) electrons. The van der Waals surface area contributed by atoms with Crippen LogP contribution in [0.2, 0.25) is 0 Å². The summed E-state index contributed by atoms with van der Waals surface area (Å²) >= 11 is 0. The van der Waals surface area contributed by atoms with E-state index in [1.54, 1.807) is 12.1 Å². The Morgan fingerprint density at radius 3 is 2.60 bits per heavy atom. The van der Waals surface area contributed by atoms with Gasteiger partial charge in [0.2, 0.25) is 5.91 Å². The van der Waals surface area contributed by atoms with E-state index in [1.807, 2.05) is 26.0 Å². The average Bonchev–Trinajstić information content (AvgIpc) is 2.44. The molecule has 108 valence electrons. The first-order valence-corrected chi connectivity index (χ1v) is 6.80. The third-order valence-electron chi connectivity index (χ3n) is 3.80. The van der Waals surface area contributed by atoms with Crippen molar-refractivity contribution in [2.75, 3.05) is 6.54 Å². The summed E-state index contributed by atoms with van der Waals surface area (Å²) in [5.74, 6) is -1.32. The van der Waals surface area contributed by atoms with Crippen molar-refractivity contribution in [3.63, 3.8) is 0 Å². The Balaban J connectivity index is 2.36. The first kappa shape index (κ1) is 14.5. The van der Waals surface area contributed by atoms with Gasteiger partial charge < -0.3 is 15.7 Å². The van der Waals surface area contributed by atoms with Crippen LogP contribution in [-0.4, -0.2) is 34.5 Å². The normalized spacial score (nSPS) is 19.6. The highest BCUT2D eigenvalue weighted by atomic mass is 16.4. The van der Waals surface area contributed by atoms with Gasteiger partial charge in [-0.05, 0) is 23.5 Å². The predicted octanol–water partition coefficient (Wildman–Crippen LogP) is 1.18. The molecular formula is C15H20N2O3. The summed E-state index contributed by atoms with van der Waals surface area (Å²) in [7, 11) is 0. The standard InChI is InChI=1S/C15H20N2O3/c1-9(2)12(16)14(18)17-8-7-10-5-3-4-6-11(10)13(17)15(19)20/h3-6,9,12-13H,7-8,16H2,1-2H3,(H,19,20)/t12?,13-/m0/s1. The fourth-order valence-electron chi connectivity index (χ4n) is 2.55. The first-order valence-electron chi connectivity index (χ1n) is 6.80. The van der Waals surface area contributed by atoms with E-state index in [1.165, 1.54) is 4.90 Å². The molecule has 0 aromatic heterocycles. The minimum Gasteiger partial charge on any atom is -0.479 e. The van der Waals surface area contributed by atoms with Gasteiger partial charge in [0.15, 0.2) is 6.04 Å². The molecule has 0 saturated heterocycles. The molecule has 1 aromatic rings. The number of rotatable bonds is 3. The maximum atomic E-state index is 12.4. The molecule has 1 amide bonds. The lowest BCUT2D eigenvalue weighted by atomic mass is 9.91. The van der Waals surface area contributed by atoms with E-state index < -0.39 is 18.1 Å². The number of aliphatic carboxylic acids is 1. The molecule has 0 fully saturated rings. The van der Waals surface area contributed by atoms with Crippen LogP contribution in [0.15, 0.2) is 24.3 Å². The Hall–Kier alpha value is -1.88. The molecule has 1 unspecified atom stereocenters. The van der Waals surface area contributed by atoms with Crippen molar-refractivity contribution in [1.82, 2.24) is 4.90 Å². The molecule has 0 aliphatic carbocycles. The number of carboxylic acids is 1. The third-order valence-corrected chi connectivity index (χ3v) is 3.80. The highest BCUT2D eigenvalue weighted by Gasteiger charge is 2.37. The van der Waals surface area contributed by atoms with Gasteiger partial charge in [-0.1, -0.05) is 38.1 Å². The maximum absolute atomic E-state index is 12.4. The number of carbonyl (C=O) groups is 2. The Morgan fingerprint density at radius 1 is 1.35 bits per heavy atom. The van der Waals surface area contributed by atoms with E-state index >= 15 is 0 Å². The van der Waals surface area contributed by atoms with E-state index in [-0.39, 0.29) is 11.8 Å². The lowest BCUT2D eigenvalue weighted by Gasteiger charge is -2.36. The van der Waals surface area contributed by atoms with E-state index in [2.05, 4.69) is 0 Å². The Bertz CT molecular complexity index is 528. The first-order chi connectivity index (χ1) is 9.43. The Labute approximate surface area is 118 Å². The maximum Gasteiger partial charge on any atom is 0.331 e. The Morgan fingerprint density at radius 2 is 2.00 bits per heavy atom. The van der Waals surface area contributed by atoms with Gasteiger partial charge in [-0.3, -0.25) is 4.79 Å². The van der Waals surface area contributed by atoms with Crippen molar-refractivity contribution in [2.24, 2.45) is 11.7 Å². The third kappa shape index (κ3) is 2.54. The fraction of sp³-hybridized carbons (Fsp3) is 0.467. The average molecular weight is 276 g/mol. The van der Waals surface area contributed by atoms with Gasteiger partial charge in [-0.2, -0.15) is 0 Å². The van der Waals surface area contributed by atoms with Crippen LogP contribution in [-0.2, 0) is 16.0 Å². The van der Waals surface area contributed by atoms with Crippen LogP contribution in [0.5, 0.6) is 0 Å². The molecule has 3 N–H and O–H groups in total. The number of benzene rings is 1. The smallest absolute Gasteiger partial charge is 0.331 e. The SMILES string of the molecule is CC(C)C(N)C(=O)N1CCc2ccccc2[C@H]1C(=O)O. The van der Waals surface area contributed by atoms with Crippen LogP contribution in [0.25, 0.3) is 0 Å². The molecule has 20 heavy (non-hydrogen) atoms. The summed E-state index contributed by atoms with van der Waals surface area (Å²) in [6, 6.07) is 5.77. The molecule has 0 bridgehead atoms. The number of fused-ring (bicyclic) bond motifs is 1. The molecule has 1 aliphatic rings. The molecular weight excluding hydrogens is 256 g/mol. The number of nitrogens with two attached hydrogens (primary N) is 1. The Kier molecular flexibility index (Phi) is 4.09. The van der Waals surface area contributed by atoms with E-state index in [4.69, 9.17) is 5.73 Å². The number of hydrogen-bond donors (Lipinski definition) is 2. The van der Waals surface area contributed by atoms with Crippen molar-refractivity contribution in [3.05, 3.63) is 35.4 Å². The summed E-state index contributed by atoms with van der Waals surface area (Å²) in [6.45, 7) is 4.11. The second-order valence-electron chi connectivity index (χ2n) is 5.49. The zero-order valence-corrected chi connectivity index (χ0v) is 11.7. The molecule has 1 aliphatic heterocycles. The van der Waals surface area contributed by atoms with E-state index in [0.29, 0.717) is 18.5 Å². The number of amides is 1. The summed E-state index contributed by atoms with van der Waals surface area (Å²) in [6.07, 6.45) is 0.663. The predicted molar refractivity (Wildman–Crippen MR) is 75.0 cm³/mol. The number of hydrogen-bond acceptors (Lipinski definition) is 3. The largest absolute Gasteiger partial charge is 0.479 e. The van der Waals surface area contributed by atoms with E-state index in [0.717, 1.165) is 5.56 Å². The molecule has 1 heterocycles. The molecule has 1 aromatic carbocycles.